The zero-order valence-corrected chi connectivity index (χ0v) is 3.35. The monoisotopic (exact) mass is 99.0 g/mol. The van der Waals surface area contributed by atoms with Gasteiger partial charge in [-0.1, -0.05) is 0 Å². The maximum atomic E-state index is 11.7. The van der Waals surface area contributed by atoms with Crippen LogP contribution < -0.4 is 5.32 Å². The summed E-state index contributed by atoms with van der Waals surface area (Å²) in [5, 5.41) is 2.11. The number of halogens is 1. The average Bonchev–Trinajstić information content (AvgIpc) is 1.69. The molecular weight excluding hydrogens is 97.1 g/mol. The minimum atomic E-state index is -0.671. The van der Waals surface area contributed by atoms with Crippen molar-refractivity contribution in [3.8, 4) is 0 Å². The Bertz CT molecular complexity index is 109. The van der Waals surface area contributed by atoms with Gasteiger partial charge >= 0.3 is 6.42 Å². The van der Waals surface area contributed by atoms with E-state index in [1.165, 1.54) is 6.34 Å². The van der Waals surface area contributed by atoms with Gasteiger partial charge in [0.1, 0.15) is 0 Å². The van der Waals surface area contributed by atoms with Crippen LogP contribution in [0.15, 0.2) is 9.98 Å². The Labute approximate surface area is 40.0 Å². The lowest BCUT2D eigenvalue weighted by Gasteiger charge is -1.98. The molecule has 0 saturated carbocycles. The minimum Gasteiger partial charge on any atom is -0.319 e. The summed E-state index contributed by atoms with van der Waals surface area (Å²) in [6.07, 6.45) is 2.55. The molecule has 0 fully saturated rings. The molecule has 2 radical (unpaired) electrons. The van der Waals surface area contributed by atoms with Crippen LogP contribution in [0.3, 0.4) is 0 Å². The van der Waals surface area contributed by atoms with E-state index < -0.39 is 6.42 Å². The third-order valence-corrected chi connectivity index (χ3v) is 0.454. The van der Waals surface area contributed by atoms with Crippen LogP contribution in [-0.2, 0) is 0 Å². The quantitative estimate of drug-likeness (QED) is 0.424. The first-order valence-electron chi connectivity index (χ1n) is 1.66. The topological polar surface area (TPSA) is 36.8 Å². The van der Waals surface area contributed by atoms with Gasteiger partial charge in [-0.05, 0) is 0 Å². The molecule has 0 aromatic carbocycles. The number of hydrogen-bond acceptors (Lipinski definition) is 3. The molecule has 1 N–H and O–H groups in total. The van der Waals surface area contributed by atoms with Crippen LogP contribution in [0.25, 0.3) is 0 Å². The Kier molecular flexibility index (Phi) is 1.02. The van der Waals surface area contributed by atoms with Crippen LogP contribution in [0.4, 0.5) is 4.39 Å². The van der Waals surface area contributed by atoms with Crippen LogP contribution in [0.5, 0.6) is 0 Å². The summed E-state index contributed by atoms with van der Waals surface area (Å²) in [5.74, 6) is 0. The highest BCUT2D eigenvalue weighted by atomic mass is 19.1. The van der Waals surface area contributed by atoms with E-state index in [2.05, 4.69) is 21.6 Å². The Hall–Kier alpha value is -0.930. The highest BCUT2D eigenvalue weighted by molar-refractivity contribution is 5.74. The second-order valence-corrected chi connectivity index (χ2v) is 0.905. The Morgan fingerprint density at radius 2 is 2.71 bits per heavy atom. The molecule has 7 heavy (non-hydrogen) atoms. The zero-order valence-electron chi connectivity index (χ0n) is 3.35. The molecule has 0 unspecified atom stereocenters. The smallest absolute Gasteiger partial charge is 0.319 e. The van der Waals surface area contributed by atoms with Crippen LogP contribution >= 0.6 is 0 Å². The molecule has 0 saturated heterocycles. The molecule has 0 amide bonds. The maximum Gasteiger partial charge on any atom is 0.353 e. The first-order chi connectivity index (χ1) is 3.39. The third-order valence-electron chi connectivity index (χ3n) is 0.454. The highest BCUT2D eigenvalue weighted by Crippen LogP contribution is 1.96. The number of nitrogens with one attached hydrogen (secondary N) is 1. The molecule has 1 aliphatic rings. The van der Waals surface area contributed by atoms with E-state index in [1.807, 2.05) is 0 Å². The number of hydrogen-bond donors (Lipinski definition) is 1. The second-order valence-electron chi connectivity index (χ2n) is 0.905. The summed E-state index contributed by atoms with van der Waals surface area (Å²) < 4.78 is 11.7. The van der Waals surface area contributed by atoms with Crippen molar-refractivity contribution in [1.29, 1.82) is 0 Å². The van der Waals surface area contributed by atoms with Gasteiger partial charge in [0.15, 0.2) is 6.34 Å². The van der Waals surface area contributed by atoms with Crippen molar-refractivity contribution in [3.63, 3.8) is 0 Å². The standard InChI is InChI=1S/C3H2FN3/c4-3-6-1-5-2-7-3/h1H,(H,5,6,7). The van der Waals surface area contributed by atoms with E-state index in [-0.39, 0.29) is 0 Å². The molecule has 0 aromatic heterocycles. The van der Waals surface area contributed by atoms with Gasteiger partial charge in [-0.2, -0.15) is 9.38 Å². The molecule has 0 atom stereocenters. The molecule has 0 aromatic rings. The maximum absolute atomic E-state index is 11.7. The van der Waals surface area contributed by atoms with Gasteiger partial charge in [0, 0.05) is 0 Å². The fourth-order valence-corrected chi connectivity index (χ4v) is 0.219. The summed E-state index contributed by atoms with van der Waals surface area (Å²) in [6, 6.07) is 0. The van der Waals surface area contributed by atoms with Crippen LogP contribution in [-0.4, -0.2) is 12.7 Å². The molecule has 1 rings (SSSR count). The lowest BCUT2D eigenvalue weighted by molar-refractivity contribution is 0.463. The van der Waals surface area contributed by atoms with Crippen LogP contribution in [0, 0.1) is 6.42 Å². The molecule has 36 valence electrons. The lowest BCUT2D eigenvalue weighted by Crippen LogP contribution is -2.15. The van der Waals surface area contributed by atoms with Crippen LogP contribution in [0.1, 0.15) is 0 Å². The summed E-state index contributed by atoms with van der Waals surface area (Å²) in [4.78, 5) is 6.33. The molecular formula is C3H2FN3. The van der Waals surface area contributed by atoms with Crippen molar-refractivity contribution >= 4 is 12.7 Å². The third kappa shape index (κ3) is 0.956. The normalized spacial score (nSPS) is 19.6. The van der Waals surface area contributed by atoms with Crippen LogP contribution in [0.2, 0.25) is 0 Å². The van der Waals surface area contributed by atoms with Gasteiger partial charge in [0.05, 0.1) is 6.34 Å². The summed E-state index contributed by atoms with van der Waals surface area (Å²) in [6.45, 7) is 0. The highest BCUT2D eigenvalue weighted by Gasteiger charge is 2.01. The fourth-order valence-electron chi connectivity index (χ4n) is 0.219. The van der Waals surface area contributed by atoms with E-state index in [0.717, 1.165) is 0 Å². The lowest BCUT2D eigenvalue weighted by atomic mass is 10.9. The van der Waals surface area contributed by atoms with Crippen molar-refractivity contribution in [3.05, 3.63) is 6.42 Å². The molecule has 0 spiro atoms. The van der Waals surface area contributed by atoms with Gasteiger partial charge in [0.2, 0.25) is 0 Å². The zero-order chi connectivity index (χ0) is 5.11. The van der Waals surface area contributed by atoms with Gasteiger partial charge in [0.25, 0.3) is 0 Å². The van der Waals surface area contributed by atoms with E-state index in [9.17, 15) is 4.39 Å². The van der Waals surface area contributed by atoms with Crippen molar-refractivity contribution in [2.75, 3.05) is 0 Å². The van der Waals surface area contributed by atoms with E-state index in [4.69, 9.17) is 0 Å². The number of rotatable bonds is 0. The van der Waals surface area contributed by atoms with Crippen molar-refractivity contribution in [2.24, 2.45) is 9.98 Å². The Balaban J connectivity index is 2.49. The largest absolute Gasteiger partial charge is 0.353 e. The van der Waals surface area contributed by atoms with E-state index in [0.29, 0.717) is 0 Å². The number of aliphatic imine (C=N–C) groups is 2. The summed E-state index contributed by atoms with van der Waals surface area (Å²) in [5.41, 5.74) is 0. The molecule has 1 aliphatic heterocycles. The molecule has 0 bridgehead atoms. The predicted octanol–water partition coefficient (Wildman–Crippen LogP) is -0.0603. The van der Waals surface area contributed by atoms with Crippen molar-refractivity contribution in [2.45, 2.75) is 0 Å². The molecule has 0 aliphatic carbocycles. The Morgan fingerprint density at radius 3 is 3.00 bits per heavy atom. The molecule has 1 heterocycles. The minimum absolute atomic E-state index is 0.671. The van der Waals surface area contributed by atoms with E-state index >= 15 is 0 Å². The summed E-state index contributed by atoms with van der Waals surface area (Å²) in [7, 11) is 0. The Morgan fingerprint density at radius 1 is 1.86 bits per heavy atom. The summed E-state index contributed by atoms with van der Waals surface area (Å²) >= 11 is 0. The molecule has 3 nitrogen and oxygen atoms in total. The van der Waals surface area contributed by atoms with Crippen molar-refractivity contribution < 1.29 is 4.39 Å². The SMILES string of the molecule is F[C]1N=[C]N=CN1. The van der Waals surface area contributed by atoms with E-state index in [1.54, 1.807) is 0 Å². The number of nitrogens with zero attached hydrogens (tertiary/aromatic N) is 2. The molecule has 4 heteroatoms. The second kappa shape index (κ2) is 1.68. The first-order valence-corrected chi connectivity index (χ1v) is 1.66. The fraction of sp³-hybridized carbons (Fsp3) is 0. The average molecular weight is 99.1 g/mol. The van der Waals surface area contributed by atoms with Gasteiger partial charge in [-0.25, -0.2) is 4.99 Å². The van der Waals surface area contributed by atoms with Gasteiger partial charge < -0.3 is 5.32 Å². The first kappa shape index (κ1) is 4.23. The van der Waals surface area contributed by atoms with Gasteiger partial charge in [-0.3, -0.25) is 0 Å². The predicted molar refractivity (Wildman–Crippen MR) is 23.4 cm³/mol. The van der Waals surface area contributed by atoms with Gasteiger partial charge in [-0.15, -0.1) is 0 Å². The van der Waals surface area contributed by atoms with Crippen molar-refractivity contribution in [1.82, 2.24) is 5.32 Å².